The van der Waals surface area contributed by atoms with Gasteiger partial charge in [-0.25, -0.2) is 23.5 Å². The summed E-state index contributed by atoms with van der Waals surface area (Å²) in [6.45, 7) is 3.95. The number of ether oxygens (including phenoxy) is 3. The summed E-state index contributed by atoms with van der Waals surface area (Å²) in [6, 6.07) is 11.8. The number of benzene rings is 2. The van der Waals surface area contributed by atoms with E-state index in [1.165, 1.54) is 17.4 Å². The predicted molar refractivity (Wildman–Crippen MR) is 161 cm³/mol. The van der Waals surface area contributed by atoms with Gasteiger partial charge in [-0.1, -0.05) is 29.4 Å². The van der Waals surface area contributed by atoms with Gasteiger partial charge in [0.1, 0.15) is 24.1 Å². The van der Waals surface area contributed by atoms with E-state index in [0.717, 1.165) is 31.4 Å². The number of hydrogen-bond acceptors (Lipinski definition) is 9. The van der Waals surface area contributed by atoms with Crippen molar-refractivity contribution >= 4 is 28.3 Å². The van der Waals surface area contributed by atoms with Crippen LogP contribution in [0.5, 0.6) is 11.1 Å². The zero-order valence-corrected chi connectivity index (χ0v) is 25.1. The lowest BCUT2D eigenvalue weighted by Crippen LogP contribution is -2.31. The normalized spacial score (nSPS) is 16.8. The Bertz CT molecular complexity index is 1900. The molecule has 2 aliphatic rings. The molecule has 13 heteroatoms. The third-order valence-corrected chi connectivity index (χ3v) is 8.99. The molecular weight excluding hydrogens is 604 g/mol. The van der Waals surface area contributed by atoms with E-state index in [4.69, 9.17) is 14.2 Å². The zero-order chi connectivity index (χ0) is 31.1. The molecule has 0 radical (unpaired) electrons. The number of fused-ring (bicyclic) bond motifs is 1. The first-order valence-electron chi connectivity index (χ1n) is 14.6. The van der Waals surface area contributed by atoms with Gasteiger partial charge in [-0.2, -0.15) is 0 Å². The fourth-order valence-corrected chi connectivity index (χ4v) is 5.70. The van der Waals surface area contributed by atoms with E-state index in [1.54, 1.807) is 30.3 Å². The number of nitrogens with zero attached hydrogens (tertiary/aromatic N) is 5. The van der Waals surface area contributed by atoms with Gasteiger partial charge in [-0.05, 0) is 61.2 Å². The van der Waals surface area contributed by atoms with Gasteiger partial charge in [-0.3, -0.25) is 0 Å². The molecule has 0 bridgehead atoms. The van der Waals surface area contributed by atoms with E-state index >= 15 is 8.78 Å². The van der Waals surface area contributed by atoms with E-state index in [-0.39, 0.29) is 52.8 Å². The van der Waals surface area contributed by atoms with Gasteiger partial charge >= 0.3 is 5.97 Å². The second-order valence-electron chi connectivity index (χ2n) is 11.7. The molecule has 2 fully saturated rings. The van der Waals surface area contributed by atoms with Crippen molar-refractivity contribution in [1.82, 2.24) is 24.7 Å². The van der Waals surface area contributed by atoms with Crippen molar-refractivity contribution in [2.75, 3.05) is 13.2 Å². The van der Waals surface area contributed by atoms with Crippen LogP contribution in [0, 0.1) is 17.0 Å². The Morgan fingerprint density at radius 2 is 1.96 bits per heavy atom. The first kappa shape index (κ1) is 29.2. The molecule has 7 rings (SSSR count). The summed E-state index contributed by atoms with van der Waals surface area (Å²) in [4.78, 5) is 20.6. The lowest BCUT2D eigenvalue weighted by atomic mass is 10.0. The van der Waals surface area contributed by atoms with E-state index in [0.29, 0.717) is 46.8 Å². The molecule has 1 aliphatic heterocycles. The summed E-state index contributed by atoms with van der Waals surface area (Å²) in [5.41, 5.74) is 1.83. The molecule has 4 heterocycles. The summed E-state index contributed by atoms with van der Waals surface area (Å²) in [6.07, 6.45) is 3.08. The van der Waals surface area contributed by atoms with Gasteiger partial charge in [0.05, 0.1) is 41.5 Å². The van der Waals surface area contributed by atoms with Crippen LogP contribution in [0.2, 0.25) is 0 Å². The average molecular weight is 634 g/mol. The Morgan fingerprint density at radius 1 is 1.11 bits per heavy atom. The molecule has 1 atom stereocenters. The summed E-state index contributed by atoms with van der Waals surface area (Å²) < 4.78 is 50.0. The Kier molecular flexibility index (Phi) is 7.66. The smallest absolute Gasteiger partial charge is 0.335 e. The van der Waals surface area contributed by atoms with Crippen molar-refractivity contribution in [3.05, 3.63) is 82.1 Å². The molecule has 1 N–H and O–H groups in total. The lowest BCUT2D eigenvalue weighted by Gasteiger charge is -2.27. The van der Waals surface area contributed by atoms with Gasteiger partial charge in [-0.15, -0.1) is 5.10 Å². The summed E-state index contributed by atoms with van der Waals surface area (Å²) >= 11 is 1.29. The van der Waals surface area contributed by atoms with Gasteiger partial charge in [0.2, 0.25) is 5.88 Å². The van der Waals surface area contributed by atoms with Crippen LogP contribution < -0.4 is 9.47 Å². The van der Waals surface area contributed by atoms with Crippen LogP contribution >= 0.6 is 11.3 Å². The van der Waals surface area contributed by atoms with Crippen LogP contribution in [0.15, 0.2) is 48.5 Å². The fraction of sp³-hybridized carbons (Fsp3) is 0.344. The molecule has 45 heavy (non-hydrogen) atoms. The minimum absolute atomic E-state index is 0.00376. The highest BCUT2D eigenvalue weighted by Gasteiger charge is 2.38. The second kappa shape index (κ2) is 11.8. The van der Waals surface area contributed by atoms with Crippen molar-refractivity contribution in [3.8, 4) is 22.3 Å². The first-order chi connectivity index (χ1) is 21.7. The largest absolute Gasteiger partial charge is 0.478 e. The Labute approximate surface area is 260 Å². The van der Waals surface area contributed by atoms with Gasteiger partial charge in [0, 0.05) is 30.1 Å². The number of pyridine rings is 1. The molecule has 1 saturated heterocycles. The standard InChI is InChI=1S/C32H29F2N5O5S/c1-32(8-9-32)17-44-31-38-37-29(45-31)16-43-28-4-2-3-24(36-28)21-14-22(33)19(11-23(21)34)13-27-35-25-6-5-18(30(40)41)12-26(25)39(27)15-20-7-10-42-20/h2-6,11-12,14,20H,7-10,13,15-17H2,1H3,(H,40,41)/t20-/m0/s1. The molecule has 1 saturated carbocycles. The van der Waals surface area contributed by atoms with Crippen LogP contribution in [0.3, 0.4) is 0 Å². The molecule has 3 aromatic heterocycles. The molecule has 10 nitrogen and oxygen atoms in total. The Morgan fingerprint density at radius 3 is 2.71 bits per heavy atom. The number of halogens is 2. The SMILES string of the molecule is CC1(COc2nnc(COc3cccc(-c4cc(F)c(Cc5nc6ccc(C(=O)O)cc6n5C[C@@H]5CCO5)cc4F)n3)s2)CC1. The monoisotopic (exact) mass is 633 g/mol. The van der Waals surface area contributed by atoms with Crippen molar-refractivity contribution in [3.63, 3.8) is 0 Å². The fourth-order valence-electron chi connectivity index (χ4n) is 5.10. The van der Waals surface area contributed by atoms with E-state index in [9.17, 15) is 9.90 Å². The second-order valence-corrected chi connectivity index (χ2v) is 12.8. The van der Waals surface area contributed by atoms with Crippen molar-refractivity contribution < 1.29 is 32.9 Å². The topological polar surface area (TPSA) is 121 Å². The van der Waals surface area contributed by atoms with Crippen LogP contribution in [0.1, 0.15) is 52.9 Å². The molecule has 0 amide bonds. The molecule has 232 valence electrons. The van der Waals surface area contributed by atoms with E-state index < -0.39 is 17.6 Å². The molecule has 5 aromatic rings. The molecule has 0 unspecified atom stereocenters. The highest BCUT2D eigenvalue weighted by Crippen LogP contribution is 2.45. The third-order valence-electron chi connectivity index (χ3n) is 8.18. The number of rotatable bonds is 12. The van der Waals surface area contributed by atoms with Crippen molar-refractivity contribution in [2.24, 2.45) is 5.41 Å². The maximum absolute atomic E-state index is 15.5. The minimum Gasteiger partial charge on any atom is -0.478 e. The van der Waals surface area contributed by atoms with E-state index in [2.05, 4.69) is 27.1 Å². The number of carboxylic acid groups (broad SMARTS) is 1. The van der Waals surface area contributed by atoms with Crippen LogP contribution in [-0.2, 0) is 24.3 Å². The summed E-state index contributed by atoms with van der Waals surface area (Å²) in [5, 5.41) is 18.7. The number of carbonyl (C=O) groups is 1. The number of aromatic nitrogens is 5. The van der Waals surface area contributed by atoms with Gasteiger partial charge in [0.25, 0.3) is 5.19 Å². The minimum atomic E-state index is -1.06. The van der Waals surface area contributed by atoms with Gasteiger partial charge in [0.15, 0.2) is 5.01 Å². The molecular formula is C32H29F2N5O5S. The van der Waals surface area contributed by atoms with Crippen molar-refractivity contribution in [2.45, 2.75) is 51.9 Å². The summed E-state index contributed by atoms with van der Waals surface area (Å²) in [5.74, 6) is -1.62. The van der Waals surface area contributed by atoms with Crippen LogP contribution in [-0.4, -0.2) is 55.1 Å². The number of carboxylic acids is 1. The van der Waals surface area contributed by atoms with E-state index in [1.807, 2.05) is 4.57 Å². The molecule has 2 aromatic carbocycles. The van der Waals surface area contributed by atoms with Crippen molar-refractivity contribution in [1.29, 1.82) is 0 Å². The quantitative estimate of drug-likeness (QED) is 0.175. The predicted octanol–water partition coefficient (Wildman–Crippen LogP) is 6.06. The number of aromatic carboxylic acids is 1. The molecule has 0 spiro atoms. The van der Waals surface area contributed by atoms with Gasteiger partial charge < -0.3 is 23.9 Å². The average Bonchev–Trinajstić information content (AvgIpc) is 3.41. The third kappa shape index (κ3) is 6.36. The van der Waals surface area contributed by atoms with Crippen LogP contribution in [0.4, 0.5) is 8.78 Å². The highest BCUT2D eigenvalue weighted by molar-refractivity contribution is 7.13. The lowest BCUT2D eigenvalue weighted by molar-refractivity contribution is -0.0589. The molecule has 1 aliphatic carbocycles. The van der Waals surface area contributed by atoms with Crippen LogP contribution in [0.25, 0.3) is 22.3 Å². The number of hydrogen-bond donors (Lipinski definition) is 1. The number of imidazole rings is 1. The highest BCUT2D eigenvalue weighted by atomic mass is 32.1. The Balaban J connectivity index is 1.08. The zero-order valence-electron chi connectivity index (χ0n) is 24.3. The summed E-state index contributed by atoms with van der Waals surface area (Å²) in [7, 11) is 0. The maximum atomic E-state index is 15.5. The first-order valence-corrected chi connectivity index (χ1v) is 15.4. The maximum Gasteiger partial charge on any atom is 0.335 e. The Hall–Kier alpha value is -4.49.